The summed E-state index contributed by atoms with van der Waals surface area (Å²) in [5.74, 6) is 5.69. The maximum Gasteiger partial charge on any atom is 0.0730 e. The number of benzene rings is 2. The molecule has 0 saturated carbocycles. The van der Waals surface area contributed by atoms with E-state index in [1.165, 1.54) is 11.1 Å². The minimum absolute atomic E-state index is 0.142. The molecule has 0 saturated heterocycles. The number of nitrogen functional groups attached to an aromatic ring is 1. The second-order valence-corrected chi connectivity index (χ2v) is 5.15. The number of nitrogens with one attached hydrogen (secondary N) is 1. The molecule has 0 bridgehead atoms. The van der Waals surface area contributed by atoms with Gasteiger partial charge in [-0.1, -0.05) is 35.9 Å². The highest BCUT2D eigenvalue weighted by molar-refractivity contribution is 6.30. The third-order valence-electron chi connectivity index (χ3n) is 3.39. The molecule has 19 heavy (non-hydrogen) atoms. The lowest BCUT2D eigenvalue weighted by Gasteiger charge is -2.20. The Morgan fingerprint density at radius 2 is 1.79 bits per heavy atom. The van der Waals surface area contributed by atoms with Crippen molar-refractivity contribution in [2.24, 2.45) is 5.84 Å². The zero-order valence-electron chi connectivity index (χ0n) is 11.1. The maximum absolute atomic E-state index is 6.02. The van der Waals surface area contributed by atoms with E-state index < -0.39 is 0 Å². The Labute approximate surface area is 118 Å². The first kappa shape index (κ1) is 13.9. The molecule has 0 amide bonds. The molecule has 0 radical (unpaired) electrons. The molecule has 4 heteroatoms. The fourth-order valence-electron chi connectivity index (χ4n) is 2.12. The molecule has 3 nitrogen and oxygen atoms in total. The molecule has 1 atom stereocenters. The van der Waals surface area contributed by atoms with E-state index in [0.717, 1.165) is 11.1 Å². The smallest absolute Gasteiger partial charge is 0.0730 e. The van der Waals surface area contributed by atoms with Crippen LogP contribution in [0.1, 0.15) is 28.3 Å². The third-order valence-corrected chi connectivity index (χ3v) is 3.63. The molecule has 0 aliphatic carbocycles. The quantitative estimate of drug-likeness (QED) is 0.458. The molecular formula is C15H18ClN3. The van der Waals surface area contributed by atoms with Crippen LogP contribution in [-0.4, -0.2) is 0 Å². The van der Waals surface area contributed by atoms with Gasteiger partial charge in [-0.25, -0.2) is 5.43 Å². The molecule has 0 aromatic heterocycles. The second-order valence-electron chi connectivity index (χ2n) is 4.72. The monoisotopic (exact) mass is 275 g/mol. The largest absolute Gasteiger partial charge is 0.398 e. The van der Waals surface area contributed by atoms with Gasteiger partial charge in [0.1, 0.15) is 0 Å². The number of aryl methyl sites for hydroxylation is 2. The molecule has 0 aliphatic heterocycles. The van der Waals surface area contributed by atoms with Gasteiger partial charge in [0.25, 0.3) is 0 Å². The molecule has 2 aromatic rings. The van der Waals surface area contributed by atoms with Crippen LogP contribution in [0, 0.1) is 13.8 Å². The number of nitrogens with two attached hydrogens (primary N) is 2. The van der Waals surface area contributed by atoms with Crippen molar-refractivity contribution >= 4 is 17.3 Å². The number of hydrogen-bond donors (Lipinski definition) is 3. The molecule has 2 aromatic carbocycles. The van der Waals surface area contributed by atoms with Crippen molar-refractivity contribution in [1.29, 1.82) is 0 Å². The standard InChI is InChI=1S/C15H18ClN3/c1-9-3-4-11(7-10(9)2)15(19-18)13-6-5-12(16)8-14(13)17/h3-8,15,19H,17-18H2,1-2H3. The second kappa shape index (κ2) is 5.61. The predicted octanol–water partition coefficient (Wildman–Crippen LogP) is 3.09. The molecular weight excluding hydrogens is 258 g/mol. The van der Waals surface area contributed by atoms with Gasteiger partial charge in [-0.2, -0.15) is 0 Å². The van der Waals surface area contributed by atoms with Gasteiger partial charge in [0.2, 0.25) is 0 Å². The summed E-state index contributed by atoms with van der Waals surface area (Å²) in [6.07, 6.45) is 0. The van der Waals surface area contributed by atoms with E-state index in [1.807, 2.05) is 12.1 Å². The van der Waals surface area contributed by atoms with Crippen LogP contribution in [-0.2, 0) is 0 Å². The van der Waals surface area contributed by atoms with Gasteiger partial charge in [0, 0.05) is 10.7 Å². The van der Waals surface area contributed by atoms with Gasteiger partial charge >= 0.3 is 0 Å². The Morgan fingerprint density at radius 1 is 1.05 bits per heavy atom. The highest BCUT2D eigenvalue weighted by Crippen LogP contribution is 2.29. The number of rotatable bonds is 3. The Kier molecular flexibility index (Phi) is 4.10. The Hall–Kier alpha value is -1.55. The highest BCUT2D eigenvalue weighted by atomic mass is 35.5. The summed E-state index contributed by atoms with van der Waals surface area (Å²) < 4.78 is 0. The zero-order valence-corrected chi connectivity index (χ0v) is 11.8. The minimum Gasteiger partial charge on any atom is -0.398 e. The molecule has 0 fully saturated rings. The molecule has 0 heterocycles. The first-order valence-electron chi connectivity index (χ1n) is 6.11. The summed E-state index contributed by atoms with van der Waals surface area (Å²) in [4.78, 5) is 0. The van der Waals surface area contributed by atoms with E-state index in [2.05, 4.69) is 37.5 Å². The fourth-order valence-corrected chi connectivity index (χ4v) is 2.30. The lowest BCUT2D eigenvalue weighted by atomic mass is 9.95. The van der Waals surface area contributed by atoms with Gasteiger partial charge in [-0.3, -0.25) is 5.84 Å². The predicted molar refractivity (Wildman–Crippen MR) is 80.9 cm³/mol. The van der Waals surface area contributed by atoms with Crippen molar-refractivity contribution in [2.45, 2.75) is 19.9 Å². The first-order chi connectivity index (χ1) is 9.02. The molecule has 1 unspecified atom stereocenters. The van der Waals surface area contributed by atoms with E-state index in [9.17, 15) is 0 Å². The SMILES string of the molecule is Cc1ccc(C(NN)c2ccc(Cl)cc2N)cc1C. The average Bonchev–Trinajstić information content (AvgIpc) is 2.37. The van der Waals surface area contributed by atoms with Crippen LogP contribution in [0.4, 0.5) is 5.69 Å². The molecule has 2 rings (SSSR count). The summed E-state index contributed by atoms with van der Waals surface area (Å²) in [5.41, 5.74) is 14.0. The van der Waals surface area contributed by atoms with Crippen molar-refractivity contribution < 1.29 is 0 Å². The van der Waals surface area contributed by atoms with Crippen molar-refractivity contribution in [2.75, 3.05) is 5.73 Å². The minimum atomic E-state index is -0.142. The summed E-state index contributed by atoms with van der Waals surface area (Å²) in [7, 11) is 0. The van der Waals surface area contributed by atoms with Gasteiger partial charge in [0.15, 0.2) is 0 Å². The van der Waals surface area contributed by atoms with Crippen molar-refractivity contribution in [1.82, 2.24) is 5.43 Å². The van der Waals surface area contributed by atoms with Crippen LogP contribution in [0.25, 0.3) is 0 Å². The maximum atomic E-state index is 6.02. The lowest BCUT2D eigenvalue weighted by molar-refractivity contribution is 0.638. The topological polar surface area (TPSA) is 64.1 Å². The van der Waals surface area contributed by atoms with Crippen molar-refractivity contribution in [3.63, 3.8) is 0 Å². The van der Waals surface area contributed by atoms with Crippen LogP contribution >= 0.6 is 11.6 Å². The summed E-state index contributed by atoms with van der Waals surface area (Å²) >= 11 is 5.93. The van der Waals surface area contributed by atoms with Crippen LogP contribution < -0.4 is 17.0 Å². The Bertz CT molecular complexity index is 596. The van der Waals surface area contributed by atoms with Crippen LogP contribution in [0.5, 0.6) is 0 Å². The molecule has 100 valence electrons. The lowest BCUT2D eigenvalue weighted by Crippen LogP contribution is -2.29. The van der Waals surface area contributed by atoms with E-state index in [1.54, 1.807) is 6.07 Å². The molecule has 0 spiro atoms. The van der Waals surface area contributed by atoms with E-state index in [-0.39, 0.29) is 6.04 Å². The van der Waals surface area contributed by atoms with Gasteiger partial charge in [-0.05, 0) is 48.2 Å². The summed E-state index contributed by atoms with van der Waals surface area (Å²) in [5, 5.41) is 0.622. The van der Waals surface area contributed by atoms with Gasteiger partial charge in [0.05, 0.1) is 6.04 Å². The van der Waals surface area contributed by atoms with Crippen molar-refractivity contribution in [3.05, 3.63) is 63.7 Å². The normalized spacial score (nSPS) is 12.4. The van der Waals surface area contributed by atoms with E-state index >= 15 is 0 Å². The van der Waals surface area contributed by atoms with E-state index in [0.29, 0.717) is 10.7 Å². The number of halogens is 1. The van der Waals surface area contributed by atoms with Crippen LogP contribution in [0.3, 0.4) is 0 Å². The zero-order chi connectivity index (χ0) is 14.0. The number of anilines is 1. The Balaban J connectivity index is 2.46. The summed E-state index contributed by atoms with van der Waals surface area (Å²) in [6.45, 7) is 4.16. The Morgan fingerprint density at radius 3 is 2.37 bits per heavy atom. The average molecular weight is 276 g/mol. The fraction of sp³-hybridized carbons (Fsp3) is 0.200. The number of hydrazine groups is 1. The van der Waals surface area contributed by atoms with Gasteiger partial charge < -0.3 is 5.73 Å². The van der Waals surface area contributed by atoms with E-state index in [4.69, 9.17) is 23.2 Å². The van der Waals surface area contributed by atoms with Gasteiger partial charge in [-0.15, -0.1) is 0 Å². The number of hydrogen-bond acceptors (Lipinski definition) is 3. The highest BCUT2D eigenvalue weighted by Gasteiger charge is 2.15. The molecule has 0 aliphatic rings. The van der Waals surface area contributed by atoms with Crippen LogP contribution in [0.15, 0.2) is 36.4 Å². The summed E-state index contributed by atoms with van der Waals surface area (Å²) in [6, 6.07) is 11.6. The third kappa shape index (κ3) is 2.89. The molecule has 5 N–H and O–H groups in total. The first-order valence-corrected chi connectivity index (χ1v) is 6.49. The van der Waals surface area contributed by atoms with Crippen molar-refractivity contribution in [3.8, 4) is 0 Å². The van der Waals surface area contributed by atoms with Crippen LogP contribution in [0.2, 0.25) is 5.02 Å².